The molecule has 0 spiro atoms. The molecule has 1 fully saturated rings. The van der Waals surface area contributed by atoms with Gasteiger partial charge in [-0.2, -0.15) is 0 Å². The van der Waals surface area contributed by atoms with Gasteiger partial charge in [0.25, 0.3) is 6.79 Å². The van der Waals surface area contributed by atoms with Gasteiger partial charge in [-0.1, -0.05) is 0 Å². The van der Waals surface area contributed by atoms with Gasteiger partial charge in [0.05, 0.1) is 29.4 Å². The molecule has 0 saturated carbocycles. The van der Waals surface area contributed by atoms with Gasteiger partial charge in [0, 0.05) is 0 Å². The van der Waals surface area contributed by atoms with Gasteiger partial charge in [-0.25, -0.2) is 0 Å². The Labute approximate surface area is 122 Å². The molecule has 1 N–H and O–H groups in total. The second-order valence-corrected chi connectivity index (χ2v) is 5.85. The number of carboxylic acids is 1. The molecule has 0 aromatic heterocycles. The van der Waals surface area contributed by atoms with E-state index in [1.807, 2.05) is 0 Å². The summed E-state index contributed by atoms with van der Waals surface area (Å²) >= 11 is 0. The number of carbonyl (C=O) groups excluding carboxylic acids is 1. The summed E-state index contributed by atoms with van der Waals surface area (Å²) in [6.07, 6.45) is 1.12. The molecule has 0 bridgehead atoms. The number of esters is 1. The first-order valence-corrected chi connectivity index (χ1v) is 6.67. The number of rotatable bonds is 5. The van der Waals surface area contributed by atoms with Crippen molar-refractivity contribution < 1.29 is 29.2 Å². The zero-order valence-electron chi connectivity index (χ0n) is 12.4. The summed E-state index contributed by atoms with van der Waals surface area (Å²) in [6, 6.07) is 0. The van der Waals surface area contributed by atoms with Gasteiger partial charge in [-0.15, -0.1) is 5.01 Å². The van der Waals surface area contributed by atoms with Crippen molar-refractivity contribution in [2.24, 2.45) is 16.6 Å². The maximum Gasteiger partial charge on any atom is 0.314 e. The molecule has 1 heterocycles. The zero-order chi connectivity index (χ0) is 16.0. The van der Waals surface area contributed by atoms with E-state index in [4.69, 9.17) is 9.84 Å². The quantitative estimate of drug-likeness (QED) is 0.202. The van der Waals surface area contributed by atoms with Crippen LogP contribution in [-0.4, -0.2) is 46.9 Å². The van der Waals surface area contributed by atoms with Gasteiger partial charge in [0.2, 0.25) is 5.28 Å². The number of hydrogen-bond donors (Lipinski definition) is 1. The van der Waals surface area contributed by atoms with E-state index >= 15 is 0 Å². The number of hydrazine groups is 1. The summed E-state index contributed by atoms with van der Waals surface area (Å²) in [4.78, 5) is 27.1. The van der Waals surface area contributed by atoms with Gasteiger partial charge < -0.3 is 19.9 Å². The number of hydrogen-bond acceptors (Lipinski definition) is 6. The Morgan fingerprint density at radius 1 is 1.48 bits per heavy atom. The minimum absolute atomic E-state index is 0.0769. The molecule has 1 unspecified atom stereocenters. The normalized spacial score (nSPS) is 20.0. The molecule has 1 rings (SSSR count). The van der Waals surface area contributed by atoms with Crippen molar-refractivity contribution in [2.75, 3.05) is 19.9 Å². The number of carbonyl (C=O) groups is 2. The molecule has 9 heteroatoms. The topological polar surface area (TPSA) is 114 Å². The Kier molecular flexibility index (Phi) is 5.74. The van der Waals surface area contributed by atoms with E-state index in [1.54, 1.807) is 20.8 Å². The fourth-order valence-corrected chi connectivity index (χ4v) is 1.74. The van der Waals surface area contributed by atoms with Crippen molar-refractivity contribution in [1.29, 1.82) is 0 Å². The highest BCUT2D eigenvalue weighted by atomic mass is 16.8. The Bertz CT molecular complexity index is 418. The van der Waals surface area contributed by atoms with Crippen LogP contribution < -0.4 is 0 Å². The molecule has 0 aliphatic carbocycles. The molecule has 1 aliphatic heterocycles. The number of ether oxygens (including phenoxy) is 1. The van der Waals surface area contributed by atoms with Crippen molar-refractivity contribution >= 4 is 11.9 Å². The Balaban J connectivity index is 2.39. The minimum atomic E-state index is -0.937. The fraction of sp³-hybridized carbons (Fsp3) is 0.833. The van der Waals surface area contributed by atoms with E-state index in [0.29, 0.717) is 19.4 Å². The maximum atomic E-state index is 11.6. The van der Waals surface area contributed by atoms with Crippen molar-refractivity contribution in [3.05, 3.63) is 5.21 Å². The van der Waals surface area contributed by atoms with E-state index in [1.165, 1.54) is 5.01 Å². The number of carboxylic acid groups (broad SMARTS) is 1. The number of nitrogens with zero attached hydrogens (tertiary/aromatic N) is 3. The van der Waals surface area contributed by atoms with Crippen LogP contribution in [0.15, 0.2) is 5.28 Å². The van der Waals surface area contributed by atoms with Crippen LogP contribution in [0.2, 0.25) is 0 Å². The molecule has 9 nitrogen and oxygen atoms in total. The van der Waals surface area contributed by atoms with Gasteiger partial charge in [-0.3, -0.25) is 9.59 Å². The summed E-state index contributed by atoms with van der Waals surface area (Å²) in [6.45, 7) is 5.07. The van der Waals surface area contributed by atoms with Crippen LogP contribution in [0.5, 0.6) is 0 Å². The monoisotopic (exact) mass is 303 g/mol. The third kappa shape index (κ3) is 5.44. The molecule has 0 amide bonds. The van der Waals surface area contributed by atoms with Crippen molar-refractivity contribution in [1.82, 2.24) is 5.01 Å². The van der Waals surface area contributed by atoms with E-state index in [9.17, 15) is 14.8 Å². The molecule has 0 radical (unpaired) electrons. The van der Waals surface area contributed by atoms with Crippen LogP contribution in [0, 0.1) is 16.5 Å². The lowest BCUT2D eigenvalue weighted by atomic mass is 9.98. The Hall–Kier alpha value is -2.06. The van der Waals surface area contributed by atoms with E-state index in [2.05, 4.69) is 10.1 Å². The third-order valence-corrected chi connectivity index (χ3v) is 2.97. The lowest BCUT2D eigenvalue weighted by molar-refractivity contribution is -0.714. The second kappa shape index (κ2) is 7.09. The van der Waals surface area contributed by atoms with Gasteiger partial charge in [0.15, 0.2) is 0 Å². The first-order valence-electron chi connectivity index (χ1n) is 6.67. The Morgan fingerprint density at radius 2 is 2.14 bits per heavy atom. The standard InChI is InChI=1S/C12H21N3O6/c1-12(2,3)11(18)20-8-21-13-15(19)14-6-4-5-9(7-14)10(16)17/h9H,4-8H2,1-3H3,(H,16,17)/b15-13-. The van der Waals surface area contributed by atoms with E-state index < -0.39 is 30.1 Å². The minimum Gasteiger partial charge on any atom is -0.569 e. The highest BCUT2D eigenvalue weighted by Crippen LogP contribution is 2.17. The van der Waals surface area contributed by atoms with Crippen LogP contribution in [0.1, 0.15) is 33.6 Å². The molecule has 0 aromatic rings. The highest BCUT2D eigenvalue weighted by Gasteiger charge is 2.29. The van der Waals surface area contributed by atoms with Crippen molar-refractivity contribution in [3.63, 3.8) is 0 Å². The lowest BCUT2D eigenvalue weighted by Gasteiger charge is -2.26. The molecule has 1 aliphatic rings. The lowest BCUT2D eigenvalue weighted by Crippen LogP contribution is -2.42. The van der Waals surface area contributed by atoms with Gasteiger partial charge in [0.1, 0.15) is 0 Å². The smallest absolute Gasteiger partial charge is 0.314 e. The first kappa shape index (κ1) is 17.0. The predicted octanol–water partition coefficient (Wildman–Crippen LogP) is 1.14. The molecule has 1 saturated heterocycles. The summed E-state index contributed by atoms with van der Waals surface area (Å²) in [5.41, 5.74) is -0.665. The zero-order valence-corrected chi connectivity index (χ0v) is 12.4. The van der Waals surface area contributed by atoms with Gasteiger partial charge in [-0.05, 0) is 33.6 Å². The molecular formula is C12H21N3O6. The molecule has 1 atom stereocenters. The Morgan fingerprint density at radius 3 is 2.71 bits per heavy atom. The molecular weight excluding hydrogens is 282 g/mol. The van der Waals surface area contributed by atoms with E-state index in [-0.39, 0.29) is 11.5 Å². The molecule has 21 heavy (non-hydrogen) atoms. The number of aliphatic carboxylic acids is 1. The van der Waals surface area contributed by atoms with Crippen LogP contribution in [0.25, 0.3) is 0 Å². The molecule has 120 valence electrons. The average molecular weight is 303 g/mol. The van der Waals surface area contributed by atoms with Crippen LogP contribution >= 0.6 is 0 Å². The predicted molar refractivity (Wildman–Crippen MR) is 69.5 cm³/mol. The van der Waals surface area contributed by atoms with Crippen LogP contribution in [0.4, 0.5) is 0 Å². The van der Waals surface area contributed by atoms with Crippen LogP contribution in [-0.2, 0) is 19.2 Å². The summed E-state index contributed by atoms with van der Waals surface area (Å²) in [5.74, 6) is -2.00. The highest BCUT2D eigenvalue weighted by molar-refractivity contribution is 5.75. The van der Waals surface area contributed by atoms with Gasteiger partial charge >= 0.3 is 11.9 Å². The summed E-state index contributed by atoms with van der Waals surface area (Å²) < 4.78 is 4.77. The third-order valence-electron chi connectivity index (χ3n) is 2.97. The SMILES string of the molecule is CC(C)(C)C(=O)OCO/N=[N+](\[O-])N1CCCC(C(=O)O)C1. The fourth-order valence-electron chi connectivity index (χ4n) is 1.74. The van der Waals surface area contributed by atoms with E-state index in [0.717, 1.165) is 0 Å². The molecule has 0 aromatic carbocycles. The first-order chi connectivity index (χ1) is 9.71. The maximum absolute atomic E-state index is 11.6. The van der Waals surface area contributed by atoms with Crippen LogP contribution in [0.3, 0.4) is 0 Å². The summed E-state index contributed by atoms with van der Waals surface area (Å²) in [7, 11) is 0. The average Bonchev–Trinajstić information content (AvgIpc) is 2.42. The largest absolute Gasteiger partial charge is 0.569 e. The van der Waals surface area contributed by atoms with Crippen molar-refractivity contribution in [3.8, 4) is 0 Å². The second-order valence-electron chi connectivity index (χ2n) is 5.85. The number of piperidine rings is 1. The summed E-state index contributed by atoms with van der Waals surface area (Å²) in [5, 5.41) is 25.0. The van der Waals surface area contributed by atoms with Crippen molar-refractivity contribution in [2.45, 2.75) is 33.6 Å².